The number of carbonyl (C=O) groups excluding carboxylic acids is 1. The fourth-order valence-corrected chi connectivity index (χ4v) is 5.79. The molecule has 0 saturated carbocycles. The topological polar surface area (TPSA) is 114 Å². The van der Waals surface area contributed by atoms with E-state index in [2.05, 4.69) is 68.2 Å². The van der Waals surface area contributed by atoms with Gasteiger partial charge in [-0.25, -0.2) is 13.8 Å². The van der Waals surface area contributed by atoms with Gasteiger partial charge >= 0.3 is 0 Å². The Morgan fingerprint density at radius 3 is 1.86 bits per heavy atom. The Hall–Kier alpha value is -1.65. The highest BCUT2D eigenvalue weighted by Gasteiger charge is 2.24. The molecule has 0 bridgehead atoms. The standard InChI is InChI=1S/C14H16FN3S.C13H15BrFNO.CH4N2S.BrH.2H2S/c1-9-3-2-6-18(9)13-5-4-10(7-11(13)15)12-8-19-14(16)17-12;1-9-3-2-6-16(9)12-5-4-10(7-11(12)15)13(17)8-14;2-1(3)4;;;/h4-5,7-9H,2-3,6H2,1H3,(H2,16,17);4-5,7,9H,2-3,6,8H2,1H3;(H4,2,3,4);1H;2*1H2/t2*9-;;;;/m00..../s1. The molecule has 0 amide bonds. The van der Waals surface area contributed by atoms with Crippen LogP contribution in [0.1, 0.15) is 49.9 Å². The number of rotatable bonds is 5. The summed E-state index contributed by atoms with van der Waals surface area (Å²) in [6, 6.07) is 10.9. The molecule has 5 rings (SSSR count). The number of nitrogens with zero attached hydrogens (tertiary/aromatic N) is 3. The maximum Gasteiger partial charge on any atom is 0.180 e. The second-order valence-corrected chi connectivity index (χ2v) is 11.7. The van der Waals surface area contributed by atoms with Crippen LogP contribution in [0, 0.1) is 11.6 Å². The van der Waals surface area contributed by atoms with E-state index in [4.69, 9.17) is 5.73 Å². The van der Waals surface area contributed by atoms with Gasteiger partial charge in [0.15, 0.2) is 16.0 Å². The van der Waals surface area contributed by atoms with Gasteiger partial charge in [0.2, 0.25) is 0 Å². The van der Waals surface area contributed by atoms with E-state index in [0.29, 0.717) is 34.2 Å². The number of hydrogen-bond donors (Lipinski definition) is 3. The fourth-order valence-electron chi connectivity index (χ4n) is 4.89. The summed E-state index contributed by atoms with van der Waals surface area (Å²) < 4.78 is 28.2. The molecule has 2 fully saturated rings. The summed E-state index contributed by atoms with van der Waals surface area (Å²) in [6.45, 7) is 6.07. The molecule has 1 aromatic heterocycles. The van der Waals surface area contributed by atoms with Crippen molar-refractivity contribution < 1.29 is 13.6 Å². The molecular weight excluding hydrogens is 762 g/mol. The molecule has 6 N–H and O–H groups in total. The molecular formula is C28H40Br2F2N6OS4. The summed E-state index contributed by atoms with van der Waals surface area (Å²) in [5.74, 6) is -0.576. The molecule has 2 saturated heterocycles. The van der Waals surface area contributed by atoms with E-state index >= 15 is 0 Å². The Bertz CT molecular complexity index is 1330. The molecule has 3 heterocycles. The molecule has 7 nitrogen and oxygen atoms in total. The number of thiocarbonyl (C=S) groups is 1. The van der Waals surface area contributed by atoms with Gasteiger partial charge in [0, 0.05) is 41.7 Å². The third-order valence-corrected chi connectivity index (χ3v) is 8.06. The predicted molar refractivity (Wildman–Crippen MR) is 201 cm³/mol. The maximum absolute atomic E-state index is 14.3. The summed E-state index contributed by atoms with van der Waals surface area (Å²) in [5, 5.41) is 2.58. The van der Waals surface area contributed by atoms with Crippen molar-refractivity contribution in [2.75, 3.05) is 34.0 Å². The van der Waals surface area contributed by atoms with Crippen molar-refractivity contribution in [3.63, 3.8) is 0 Å². The van der Waals surface area contributed by atoms with Crippen LogP contribution in [0.2, 0.25) is 0 Å². The molecule has 43 heavy (non-hydrogen) atoms. The number of nitrogen functional groups attached to an aromatic ring is 1. The first-order valence-corrected chi connectivity index (χ1v) is 15.4. The van der Waals surface area contributed by atoms with Crippen LogP contribution in [0.25, 0.3) is 11.3 Å². The number of Topliss-reactive ketones (excluding diaryl/α,β-unsaturated/α-hetero) is 1. The first kappa shape index (κ1) is 41.4. The van der Waals surface area contributed by atoms with Gasteiger partial charge in [-0.05, 0) is 82.1 Å². The number of nitrogens with two attached hydrogens (primary N) is 3. The number of alkyl halides is 1. The first-order valence-electron chi connectivity index (χ1n) is 13.0. The van der Waals surface area contributed by atoms with Crippen molar-refractivity contribution in [3.05, 3.63) is 59.0 Å². The Morgan fingerprint density at radius 2 is 1.49 bits per heavy atom. The Morgan fingerprint density at radius 1 is 1.00 bits per heavy atom. The molecule has 2 atom stereocenters. The second kappa shape index (κ2) is 19.7. The van der Waals surface area contributed by atoms with Crippen LogP contribution in [0.4, 0.5) is 25.3 Å². The summed E-state index contributed by atoms with van der Waals surface area (Å²) in [5.41, 5.74) is 18.1. The lowest BCUT2D eigenvalue weighted by molar-refractivity contribution is 0.102. The van der Waals surface area contributed by atoms with Crippen molar-refractivity contribution in [3.8, 4) is 11.3 Å². The molecule has 0 spiro atoms. The van der Waals surface area contributed by atoms with Gasteiger partial charge in [-0.3, -0.25) is 4.79 Å². The van der Waals surface area contributed by atoms with Gasteiger partial charge in [-0.1, -0.05) is 22.0 Å². The van der Waals surface area contributed by atoms with Gasteiger partial charge < -0.3 is 27.0 Å². The van der Waals surface area contributed by atoms with Crippen LogP contribution in [0.3, 0.4) is 0 Å². The molecule has 2 aromatic carbocycles. The number of aromatic nitrogens is 1. The fraction of sp³-hybridized carbons (Fsp3) is 0.393. The average molecular weight is 803 g/mol. The number of benzene rings is 2. The molecule has 0 unspecified atom stereocenters. The van der Waals surface area contributed by atoms with Gasteiger partial charge in [-0.15, -0.1) is 28.3 Å². The lowest BCUT2D eigenvalue weighted by Crippen LogP contribution is -2.27. The Labute approximate surface area is 294 Å². The highest BCUT2D eigenvalue weighted by Crippen LogP contribution is 2.32. The van der Waals surface area contributed by atoms with Crippen LogP contribution < -0.4 is 27.0 Å². The minimum atomic E-state index is -0.300. The van der Waals surface area contributed by atoms with Crippen molar-refractivity contribution in [1.82, 2.24) is 4.98 Å². The van der Waals surface area contributed by atoms with E-state index < -0.39 is 0 Å². The summed E-state index contributed by atoms with van der Waals surface area (Å²) >= 11 is 8.55. The third-order valence-electron chi connectivity index (χ3n) is 6.88. The summed E-state index contributed by atoms with van der Waals surface area (Å²) in [7, 11) is 0. The molecule has 2 aliphatic heterocycles. The van der Waals surface area contributed by atoms with Gasteiger partial charge in [0.1, 0.15) is 11.6 Å². The number of ketones is 1. The van der Waals surface area contributed by atoms with Crippen LogP contribution in [-0.2, 0) is 0 Å². The lowest BCUT2D eigenvalue weighted by Gasteiger charge is -2.24. The van der Waals surface area contributed by atoms with Gasteiger partial charge in [-0.2, -0.15) is 27.0 Å². The smallest absolute Gasteiger partial charge is 0.180 e. The van der Waals surface area contributed by atoms with Gasteiger partial charge in [0.25, 0.3) is 0 Å². The predicted octanol–water partition coefficient (Wildman–Crippen LogP) is 6.90. The number of halogens is 4. The normalized spacial score (nSPS) is 16.8. The SMILES string of the molecule is Br.C[C@H]1CCCN1c1ccc(-c2csc(N)n2)cc1F.C[C@H]1CCCN1c1ccc(C(=O)CBr)cc1F.NC(N)=S.S.S. The molecule has 3 aromatic rings. The molecule has 0 radical (unpaired) electrons. The van der Waals surface area contributed by atoms with Crippen LogP contribution in [0.5, 0.6) is 0 Å². The van der Waals surface area contributed by atoms with Crippen LogP contribution >= 0.6 is 83.5 Å². The van der Waals surface area contributed by atoms with E-state index in [1.807, 2.05) is 17.5 Å². The second-order valence-electron chi connectivity index (χ2n) is 9.73. The molecule has 2 aliphatic rings. The quantitative estimate of drug-likeness (QED) is 0.145. The summed E-state index contributed by atoms with van der Waals surface area (Å²) in [6.07, 6.45) is 4.46. The van der Waals surface area contributed by atoms with E-state index in [1.165, 1.54) is 17.4 Å². The molecule has 240 valence electrons. The van der Waals surface area contributed by atoms with E-state index in [1.54, 1.807) is 18.2 Å². The van der Waals surface area contributed by atoms with E-state index in [0.717, 1.165) is 50.0 Å². The highest BCUT2D eigenvalue weighted by molar-refractivity contribution is 9.09. The van der Waals surface area contributed by atoms with E-state index in [9.17, 15) is 13.6 Å². The Balaban J connectivity index is 0.000000691. The lowest BCUT2D eigenvalue weighted by atomic mass is 10.1. The first-order chi connectivity index (χ1) is 19.0. The zero-order valence-corrected chi connectivity index (χ0v) is 30.9. The zero-order valence-electron chi connectivity index (χ0n) is 24.0. The number of anilines is 3. The van der Waals surface area contributed by atoms with Crippen LogP contribution in [0.15, 0.2) is 41.8 Å². The van der Waals surface area contributed by atoms with Crippen molar-refractivity contribution in [2.45, 2.75) is 51.6 Å². The number of thiazole rings is 1. The van der Waals surface area contributed by atoms with Crippen molar-refractivity contribution in [2.24, 2.45) is 11.5 Å². The van der Waals surface area contributed by atoms with Crippen molar-refractivity contribution >= 4 is 111 Å². The highest BCUT2D eigenvalue weighted by atomic mass is 79.9. The largest absolute Gasteiger partial charge is 0.377 e. The molecule has 15 heteroatoms. The number of carbonyl (C=O) groups is 1. The third kappa shape index (κ3) is 11.7. The maximum atomic E-state index is 14.3. The van der Waals surface area contributed by atoms with Crippen molar-refractivity contribution in [1.29, 1.82) is 0 Å². The van der Waals surface area contributed by atoms with Gasteiger partial charge in [0.05, 0.1) is 22.4 Å². The zero-order chi connectivity index (χ0) is 29.4. The van der Waals surface area contributed by atoms with E-state index in [-0.39, 0.29) is 71.8 Å². The molecule has 0 aliphatic carbocycles. The van der Waals surface area contributed by atoms with Crippen LogP contribution in [-0.4, -0.2) is 46.4 Å². The minimum absolute atomic E-state index is 0. The monoisotopic (exact) mass is 800 g/mol. The average Bonchev–Trinajstić information content (AvgIpc) is 3.65. The summed E-state index contributed by atoms with van der Waals surface area (Å²) in [4.78, 5) is 19.8. The minimum Gasteiger partial charge on any atom is -0.377 e. The number of hydrogen-bond acceptors (Lipinski definition) is 7. The Kier molecular flexibility index (Phi) is 18.9.